The Balaban J connectivity index is 2.26. The molecule has 100 valence electrons. The summed E-state index contributed by atoms with van der Waals surface area (Å²) in [6, 6.07) is 5.81. The number of nitrogens with zero attached hydrogens (tertiary/aromatic N) is 1. The monoisotopic (exact) mass is 297 g/mol. The lowest BCUT2D eigenvalue weighted by molar-refractivity contribution is 0.0606. The van der Waals surface area contributed by atoms with Crippen molar-refractivity contribution < 1.29 is 14.3 Å². The largest absolute Gasteiger partial charge is 0.465 e. The van der Waals surface area contributed by atoms with E-state index in [4.69, 9.17) is 16.3 Å². The molecule has 0 atom stereocenters. The first-order valence-electron chi connectivity index (χ1n) is 5.51. The highest BCUT2D eigenvalue weighted by Crippen LogP contribution is 2.33. The van der Waals surface area contributed by atoms with Gasteiger partial charge in [0.05, 0.1) is 7.11 Å². The van der Waals surface area contributed by atoms with Crippen LogP contribution in [0.4, 0.5) is 0 Å². The van der Waals surface area contributed by atoms with Gasteiger partial charge < -0.3 is 9.47 Å². The number of carbonyl (C=O) groups is 1. The molecular weight excluding hydrogens is 286 g/mol. The Labute approximate surface area is 120 Å². The SMILES string of the molecule is COC(=O)c1sc(Oc2ccc(C)cc2C)nc1Cl. The Morgan fingerprint density at radius 3 is 2.74 bits per heavy atom. The Hall–Kier alpha value is -1.59. The van der Waals surface area contributed by atoms with Crippen molar-refractivity contribution in [2.45, 2.75) is 13.8 Å². The molecule has 0 saturated carbocycles. The zero-order chi connectivity index (χ0) is 14.0. The molecule has 0 saturated heterocycles. The van der Waals surface area contributed by atoms with Gasteiger partial charge in [-0.15, -0.1) is 0 Å². The zero-order valence-electron chi connectivity index (χ0n) is 10.7. The van der Waals surface area contributed by atoms with Gasteiger partial charge in [-0.05, 0) is 25.5 Å². The molecule has 0 aliphatic heterocycles. The predicted octanol–water partition coefficient (Wildman–Crippen LogP) is 3.99. The summed E-state index contributed by atoms with van der Waals surface area (Å²) in [5.41, 5.74) is 2.14. The van der Waals surface area contributed by atoms with Crippen molar-refractivity contribution in [3.8, 4) is 10.9 Å². The van der Waals surface area contributed by atoms with Gasteiger partial charge >= 0.3 is 5.97 Å². The quantitative estimate of drug-likeness (QED) is 0.804. The van der Waals surface area contributed by atoms with E-state index < -0.39 is 5.97 Å². The van der Waals surface area contributed by atoms with E-state index in [1.807, 2.05) is 32.0 Å². The molecule has 0 amide bonds. The molecule has 2 aromatic rings. The summed E-state index contributed by atoms with van der Waals surface area (Å²) >= 11 is 6.93. The highest BCUT2D eigenvalue weighted by atomic mass is 35.5. The van der Waals surface area contributed by atoms with Crippen LogP contribution < -0.4 is 4.74 Å². The molecule has 0 aliphatic carbocycles. The number of hydrogen-bond acceptors (Lipinski definition) is 5. The van der Waals surface area contributed by atoms with Gasteiger partial charge in [0.25, 0.3) is 5.19 Å². The number of benzene rings is 1. The summed E-state index contributed by atoms with van der Waals surface area (Å²) < 4.78 is 10.2. The molecule has 0 bridgehead atoms. The summed E-state index contributed by atoms with van der Waals surface area (Å²) in [5.74, 6) is 0.172. The normalized spacial score (nSPS) is 10.3. The third-order valence-corrected chi connectivity index (χ3v) is 3.76. The molecule has 4 nitrogen and oxygen atoms in total. The number of ether oxygens (including phenoxy) is 2. The van der Waals surface area contributed by atoms with Gasteiger partial charge in [-0.3, -0.25) is 0 Å². The highest BCUT2D eigenvalue weighted by molar-refractivity contribution is 7.15. The maximum atomic E-state index is 11.4. The first-order chi connectivity index (χ1) is 9.01. The van der Waals surface area contributed by atoms with Crippen LogP contribution >= 0.6 is 22.9 Å². The van der Waals surface area contributed by atoms with E-state index in [1.54, 1.807) is 0 Å². The number of aromatic nitrogens is 1. The van der Waals surface area contributed by atoms with Crippen molar-refractivity contribution in [1.82, 2.24) is 4.98 Å². The Morgan fingerprint density at radius 2 is 2.11 bits per heavy atom. The van der Waals surface area contributed by atoms with Crippen molar-refractivity contribution in [1.29, 1.82) is 0 Å². The number of methoxy groups -OCH3 is 1. The average Bonchev–Trinajstić information content (AvgIpc) is 2.73. The van der Waals surface area contributed by atoms with Gasteiger partial charge in [0, 0.05) is 0 Å². The molecule has 1 aromatic heterocycles. The van der Waals surface area contributed by atoms with E-state index in [0.717, 1.165) is 22.5 Å². The van der Waals surface area contributed by atoms with Gasteiger partial charge in [0.15, 0.2) is 10.0 Å². The van der Waals surface area contributed by atoms with Gasteiger partial charge in [-0.2, -0.15) is 4.98 Å². The number of thiazole rings is 1. The Bertz CT molecular complexity index is 624. The van der Waals surface area contributed by atoms with Crippen LogP contribution in [0.1, 0.15) is 20.8 Å². The maximum Gasteiger partial charge on any atom is 0.351 e. The van der Waals surface area contributed by atoms with Crippen LogP contribution in [0.25, 0.3) is 0 Å². The third kappa shape index (κ3) is 3.05. The Morgan fingerprint density at radius 1 is 1.37 bits per heavy atom. The third-order valence-electron chi connectivity index (χ3n) is 2.46. The second-order valence-electron chi connectivity index (χ2n) is 3.96. The van der Waals surface area contributed by atoms with Gasteiger partial charge in [-0.25, -0.2) is 4.79 Å². The number of halogens is 1. The molecule has 0 unspecified atom stereocenters. The van der Waals surface area contributed by atoms with Crippen LogP contribution in [-0.2, 0) is 4.74 Å². The molecule has 19 heavy (non-hydrogen) atoms. The molecule has 0 aliphatic rings. The molecule has 0 spiro atoms. The minimum absolute atomic E-state index is 0.0941. The van der Waals surface area contributed by atoms with Gasteiger partial charge in [0.2, 0.25) is 0 Å². The lowest BCUT2D eigenvalue weighted by atomic mass is 10.1. The van der Waals surface area contributed by atoms with Crippen LogP contribution in [-0.4, -0.2) is 18.1 Å². The van der Waals surface area contributed by atoms with Crippen molar-refractivity contribution >= 4 is 28.9 Å². The topological polar surface area (TPSA) is 48.4 Å². The van der Waals surface area contributed by atoms with E-state index in [-0.39, 0.29) is 10.0 Å². The lowest BCUT2D eigenvalue weighted by Gasteiger charge is -2.05. The molecule has 2 rings (SSSR count). The van der Waals surface area contributed by atoms with E-state index in [0.29, 0.717) is 10.9 Å². The Kier molecular flexibility index (Phi) is 4.07. The second-order valence-corrected chi connectivity index (χ2v) is 5.28. The van der Waals surface area contributed by atoms with Crippen LogP contribution in [0.3, 0.4) is 0 Å². The van der Waals surface area contributed by atoms with E-state index >= 15 is 0 Å². The van der Waals surface area contributed by atoms with E-state index in [1.165, 1.54) is 7.11 Å². The van der Waals surface area contributed by atoms with Gasteiger partial charge in [-0.1, -0.05) is 40.6 Å². The van der Waals surface area contributed by atoms with Crippen molar-refractivity contribution in [3.63, 3.8) is 0 Å². The van der Waals surface area contributed by atoms with Crippen LogP contribution in [0, 0.1) is 13.8 Å². The fourth-order valence-corrected chi connectivity index (χ4v) is 2.61. The average molecular weight is 298 g/mol. The van der Waals surface area contributed by atoms with Crippen LogP contribution in [0.2, 0.25) is 5.15 Å². The molecule has 0 fully saturated rings. The second kappa shape index (κ2) is 5.59. The minimum Gasteiger partial charge on any atom is -0.465 e. The lowest BCUT2D eigenvalue weighted by Crippen LogP contribution is -1.98. The number of carbonyl (C=O) groups excluding carboxylic acids is 1. The van der Waals surface area contributed by atoms with Crippen molar-refractivity contribution in [2.24, 2.45) is 0 Å². The van der Waals surface area contributed by atoms with Crippen LogP contribution in [0.5, 0.6) is 10.9 Å². The standard InChI is InChI=1S/C13H12ClNO3S/c1-7-4-5-9(8(2)6-7)18-13-15-11(14)10(19-13)12(16)17-3/h4-6H,1-3H3. The number of esters is 1. The predicted molar refractivity (Wildman–Crippen MR) is 74.5 cm³/mol. The first kappa shape index (κ1) is 13.8. The summed E-state index contributed by atoms with van der Waals surface area (Å²) in [7, 11) is 1.29. The number of rotatable bonds is 3. The first-order valence-corrected chi connectivity index (χ1v) is 6.70. The molecule has 0 N–H and O–H groups in total. The molecule has 0 radical (unpaired) electrons. The summed E-state index contributed by atoms with van der Waals surface area (Å²) in [6.45, 7) is 3.95. The molecule has 1 heterocycles. The maximum absolute atomic E-state index is 11.4. The fraction of sp³-hybridized carbons (Fsp3) is 0.231. The van der Waals surface area contributed by atoms with Crippen LogP contribution in [0.15, 0.2) is 18.2 Å². The summed E-state index contributed by atoms with van der Waals surface area (Å²) in [4.78, 5) is 15.7. The fourth-order valence-electron chi connectivity index (χ4n) is 1.55. The van der Waals surface area contributed by atoms with Crippen molar-refractivity contribution in [2.75, 3.05) is 7.11 Å². The molecule has 6 heteroatoms. The van der Waals surface area contributed by atoms with E-state index in [9.17, 15) is 4.79 Å². The molecular formula is C13H12ClNO3S. The molecule has 1 aromatic carbocycles. The van der Waals surface area contributed by atoms with Crippen molar-refractivity contribution in [3.05, 3.63) is 39.4 Å². The summed E-state index contributed by atoms with van der Waals surface area (Å²) in [6.07, 6.45) is 0. The summed E-state index contributed by atoms with van der Waals surface area (Å²) in [5, 5.41) is 0.411. The number of hydrogen-bond donors (Lipinski definition) is 0. The highest BCUT2D eigenvalue weighted by Gasteiger charge is 2.18. The number of aryl methyl sites for hydroxylation is 2. The minimum atomic E-state index is -0.516. The smallest absolute Gasteiger partial charge is 0.351 e. The van der Waals surface area contributed by atoms with Gasteiger partial charge in [0.1, 0.15) is 5.75 Å². The zero-order valence-corrected chi connectivity index (χ0v) is 12.3. The van der Waals surface area contributed by atoms with E-state index in [2.05, 4.69) is 9.72 Å².